The summed E-state index contributed by atoms with van der Waals surface area (Å²) in [6.07, 6.45) is 4.47. The van der Waals surface area contributed by atoms with Crippen LogP contribution in [0, 0.1) is 19.7 Å². The molecule has 3 aromatic carbocycles. The number of aromatic nitrogens is 1. The van der Waals surface area contributed by atoms with E-state index in [4.69, 9.17) is 4.42 Å². The molecule has 40 heavy (non-hydrogen) atoms. The van der Waals surface area contributed by atoms with E-state index in [1.165, 1.54) is 12.1 Å². The van der Waals surface area contributed by atoms with Crippen LogP contribution >= 0.6 is 0 Å². The zero-order chi connectivity index (χ0) is 28.0. The van der Waals surface area contributed by atoms with Crippen LogP contribution in [-0.4, -0.2) is 16.6 Å². The Morgan fingerprint density at radius 2 is 1.65 bits per heavy atom. The van der Waals surface area contributed by atoms with Crippen LogP contribution in [0.15, 0.2) is 83.4 Å². The molecule has 1 saturated carbocycles. The zero-order valence-electron chi connectivity index (χ0n) is 22.9. The summed E-state index contributed by atoms with van der Waals surface area (Å²) >= 11 is 0. The van der Waals surface area contributed by atoms with Crippen molar-refractivity contribution in [2.24, 2.45) is 0 Å². The predicted octanol–water partition coefficient (Wildman–Crippen LogP) is 8.82. The van der Waals surface area contributed by atoms with Gasteiger partial charge in [-0.1, -0.05) is 25.1 Å². The monoisotopic (exact) mass is 531 g/mol. The number of hydrogen-bond donors (Lipinski definition) is 0. The van der Waals surface area contributed by atoms with Gasteiger partial charge in [-0.3, -0.25) is 14.6 Å². The Bertz CT molecular complexity index is 1760. The molecule has 0 amide bonds. The van der Waals surface area contributed by atoms with E-state index in [2.05, 4.69) is 11.1 Å². The average Bonchev–Trinajstić information content (AvgIpc) is 3.64. The van der Waals surface area contributed by atoms with E-state index in [9.17, 15) is 14.0 Å². The first-order chi connectivity index (χ1) is 19.3. The summed E-state index contributed by atoms with van der Waals surface area (Å²) in [6.45, 7) is 5.84. The lowest BCUT2D eigenvalue weighted by Gasteiger charge is -2.16. The lowest BCUT2D eigenvalue weighted by atomic mass is 9.87. The van der Waals surface area contributed by atoms with Crippen molar-refractivity contribution < 1.29 is 18.4 Å². The third-order valence-corrected chi connectivity index (χ3v) is 8.14. The second-order valence-corrected chi connectivity index (χ2v) is 10.9. The molecular weight excluding hydrogens is 501 g/mol. The largest absolute Gasteiger partial charge is 0.455 e. The minimum absolute atomic E-state index is 0.0454. The number of benzene rings is 3. The number of halogens is 1. The highest BCUT2D eigenvalue weighted by molar-refractivity contribution is 6.13. The van der Waals surface area contributed by atoms with Crippen LogP contribution in [0.3, 0.4) is 0 Å². The molecule has 2 aromatic heterocycles. The van der Waals surface area contributed by atoms with Crippen LogP contribution in [0.4, 0.5) is 4.39 Å². The molecule has 0 saturated heterocycles. The van der Waals surface area contributed by atoms with Gasteiger partial charge in [0.25, 0.3) is 0 Å². The minimum Gasteiger partial charge on any atom is -0.455 e. The molecule has 200 valence electrons. The molecule has 1 fully saturated rings. The Kier molecular flexibility index (Phi) is 6.46. The maximum absolute atomic E-state index is 13.7. The molecule has 0 bridgehead atoms. The number of fused-ring (bicyclic) bond motifs is 1. The fourth-order valence-electron chi connectivity index (χ4n) is 5.74. The molecule has 0 spiro atoms. The molecule has 0 unspecified atom stereocenters. The Labute approximate surface area is 232 Å². The number of pyridine rings is 1. The normalized spacial score (nSPS) is 13.9. The maximum Gasteiger partial charge on any atom is 0.167 e. The van der Waals surface area contributed by atoms with Crippen molar-refractivity contribution in [2.45, 2.75) is 51.9 Å². The third kappa shape index (κ3) is 4.56. The minimum atomic E-state index is -0.349. The van der Waals surface area contributed by atoms with Gasteiger partial charge in [0.2, 0.25) is 0 Å². The van der Waals surface area contributed by atoms with Gasteiger partial charge in [-0.05, 0) is 104 Å². The summed E-state index contributed by atoms with van der Waals surface area (Å²) in [6, 6.07) is 21.7. The summed E-state index contributed by atoms with van der Waals surface area (Å²) in [5.74, 6) is 0.167. The second-order valence-electron chi connectivity index (χ2n) is 10.9. The molecule has 0 atom stereocenters. The van der Waals surface area contributed by atoms with E-state index in [1.807, 2.05) is 63.2 Å². The van der Waals surface area contributed by atoms with Gasteiger partial charge in [-0.15, -0.1) is 0 Å². The van der Waals surface area contributed by atoms with Gasteiger partial charge in [0, 0.05) is 46.7 Å². The van der Waals surface area contributed by atoms with Crippen LogP contribution in [0.1, 0.15) is 70.1 Å². The Morgan fingerprint density at radius 1 is 0.900 bits per heavy atom. The first-order valence-corrected chi connectivity index (χ1v) is 13.7. The summed E-state index contributed by atoms with van der Waals surface area (Å²) in [4.78, 5) is 31.3. The molecule has 6 rings (SSSR count). The van der Waals surface area contributed by atoms with Crippen molar-refractivity contribution in [3.8, 4) is 22.5 Å². The zero-order valence-corrected chi connectivity index (χ0v) is 22.9. The van der Waals surface area contributed by atoms with Crippen LogP contribution in [0.5, 0.6) is 0 Å². The van der Waals surface area contributed by atoms with Crippen molar-refractivity contribution in [3.63, 3.8) is 0 Å². The average molecular weight is 532 g/mol. The van der Waals surface area contributed by atoms with Gasteiger partial charge in [0.1, 0.15) is 17.2 Å². The highest BCUT2D eigenvalue weighted by Crippen LogP contribution is 2.51. The second kappa shape index (κ2) is 9.98. The standard InChI is InChI=1S/C35H30FNO3/c1-4-29(38)33-28-18-24(10-13-31(28)40-34(33)23-8-11-25(36)12-9-23)26-19-27(22(3)17-21(26)2)30(39)20-35(14-15-35)32-7-5-6-16-37-32/h5-13,16-19H,4,14-15,20H2,1-3H3. The van der Waals surface area contributed by atoms with Crippen molar-refractivity contribution in [3.05, 3.63) is 113 Å². The Morgan fingerprint density at radius 3 is 2.33 bits per heavy atom. The topological polar surface area (TPSA) is 60.2 Å². The van der Waals surface area contributed by atoms with E-state index in [-0.39, 0.29) is 22.8 Å². The fourth-order valence-corrected chi connectivity index (χ4v) is 5.74. The molecule has 0 N–H and O–H groups in total. The molecule has 5 aromatic rings. The van der Waals surface area contributed by atoms with Crippen molar-refractivity contribution >= 4 is 22.5 Å². The van der Waals surface area contributed by atoms with Gasteiger partial charge in [-0.2, -0.15) is 0 Å². The molecule has 0 aliphatic heterocycles. The Balaban J connectivity index is 1.41. The molecule has 2 heterocycles. The molecule has 5 heteroatoms. The molecule has 1 aliphatic carbocycles. The number of ketones is 2. The van der Waals surface area contributed by atoms with E-state index in [0.29, 0.717) is 46.3 Å². The fraction of sp³-hybridized carbons (Fsp3) is 0.229. The van der Waals surface area contributed by atoms with E-state index < -0.39 is 0 Å². The van der Waals surface area contributed by atoms with E-state index in [0.717, 1.165) is 40.8 Å². The SMILES string of the molecule is CCC(=O)c1c(-c2ccc(F)cc2)oc2ccc(-c3cc(C(=O)CC4(c5ccccn5)CC4)c(C)cc3C)cc12. The number of carbonyl (C=O) groups is 2. The summed E-state index contributed by atoms with van der Waals surface area (Å²) in [7, 11) is 0. The van der Waals surface area contributed by atoms with Crippen LogP contribution in [0.25, 0.3) is 33.4 Å². The molecule has 4 nitrogen and oxygen atoms in total. The van der Waals surface area contributed by atoms with Gasteiger partial charge >= 0.3 is 0 Å². The quantitative estimate of drug-likeness (QED) is 0.188. The van der Waals surface area contributed by atoms with E-state index >= 15 is 0 Å². The first kappa shape index (κ1) is 25.9. The molecule has 1 aliphatic rings. The molecular formula is C35H30FNO3. The van der Waals surface area contributed by atoms with Gasteiger partial charge < -0.3 is 4.42 Å². The smallest absolute Gasteiger partial charge is 0.167 e. The van der Waals surface area contributed by atoms with Crippen molar-refractivity contribution in [1.29, 1.82) is 0 Å². The summed E-state index contributed by atoms with van der Waals surface area (Å²) < 4.78 is 19.7. The first-order valence-electron chi connectivity index (χ1n) is 13.7. The lowest BCUT2D eigenvalue weighted by molar-refractivity contribution is 0.0965. The number of rotatable bonds is 8. The summed E-state index contributed by atoms with van der Waals surface area (Å²) in [5, 5.41) is 0.712. The lowest BCUT2D eigenvalue weighted by Crippen LogP contribution is -2.16. The molecule has 0 radical (unpaired) electrons. The highest BCUT2D eigenvalue weighted by atomic mass is 19.1. The maximum atomic E-state index is 13.7. The highest BCUT2D eigenvalue weighted by Gasteiger charge is 2.47. The summed E-state index contributed by atoms with van der Waals surface area (Å²) in [5.41, 5.74) is 7.12. The third-order valence-electron chi connectivity index (χ3n) is 8.14. The van der Waals surface area contributed by atoms with Crippen LogP contribution in [0.2, 0.25) is 0 Å². The number of carbonyl (C=O) groups excluding carboxylic acids is 2. The van der Waals surface area contributed by atoms with Gasteiger partial charge in [-0.25, -0.2) is 4.39 Å². The number of aryl methyl sites for hydroxylation is 2. The van der Waals surface area contributed by atoms with Gasteiger partial charge in [0.05, 0.1) is 5.56 Å². The van der Waals surface area contributed by atoms with Crippen LogP contribution < -0.4 is 0 Å². The van der Waals surface area contributed by atoms with Gasteiger partial charge in [0.15, 0.2) is 11.6 Å². The number of hydrogen-bond acceptors (Lipinski definition) is 4. The number of nitrogens with zero attached hydrogens (tertiary/aromatic N) is 1. The van der Waals surface area contributed by atoms with Crippen LogP contribution in [-0.2, 0) is 5.41 Å². The van der Waals surface area contributed by atoms with Crippen molar-refractivity contribution in [2.75, 3.05) is 0 Å². The Hall–Kier alpha value is -4.38. The van der Waals surface area contributed by atoms with Crippen molar-refractivity contribution in [1.82, 2.24) is 4.98 Å². The number of furan rings is 1. The predicted molar refractivity (Wildman–Crippen MR) is 155 cm³/mol. The van der Waals surface area contributed by atoms with E-state index in [1.54, 1.807) is 18.3 Å². The number of Topliss-reactive ketones (excluding diaryl/α,β-unsaturated/α-hetero) is 2.